The van der Waals surface area contributed by atoms with E-state index >= 15 is 0 Å². The van der Waals surface area contributed by atoms with Crippen molar-refractivity contribution < 1.29 is 4.74 Å². The summed E-state index contributed by atoms with van der Waals surface area (Å²) in [5.74, 6) is 0. The van der Waals surface area contributed by atoms with Crippen molar-refractivity contribution in [2.24, 2.45) is 5.73 Å². The van der Waals surface area contributed by atoms with Crippen molar-refractivity contribution in [2.45, 2.75) is 38.0 Å². The minimum atomic E-state index is 0.401. The maximum absolute atomic E-state index is 5.86. The van der Waals surface area contributed by atoms with Gasteiger partial charge in [0, 0.05) is 31.8 Å². The van der Waals surface area contributed by atoms with Gasteiger partial charge in [-0.2, -0.15) is 0 Å². The zero-order valence-electron chi connectivity index (χ0n) is 7.70. The standard InChI is InChI=1S/C9H18N2O/c1-7-9(3-5-12-7)11-4-2-8(10)6-11/h7-9H,2-6,10H2,1H3/t7?,8-,9?/m0/s1. The Bertz CT molecular complexity index is 163. The van der Waals surface area contributed by atoms with Gasteiger partial charge in [-0.05, 0) is 19.8 Å². The highest BCUT2D eigenvalue weighted by Crippen LogP contribution is 2.22. The van der Waals surface area contributed by atoms with Crippen LogP contribution in [0.2, 0.25) is 0 Å². The van der Waals surface area contributed by atoms with E-state index in [4.69, 9.17) is 10.5 Å². The molecule has 0 aromatic carbocycles. The van der Waals surface area contributed by atoms with Crippen molar-refractivity contribution in [3.63, 3.8) is 0 Å². The second kappa shape index (κ2) is 3.32. The zero-order chi connectivity index (χ0) is 8.55. The predicted molar refractivity (Wildman–Crippen MR) is 48.0 cm³/mol. The van der Waals surface area contributed by atoms with Crippen molar-refractivity contribution in [1.29, 1.82) is 0 Å². The van der Waals surface area contributed by atoms with Crippen LogP contribution in [0.15, 0.2) is 0 Å². The summed E-state index contributed by atoms with van der Waals surface area (Å²) >= 11 is 0. The number of rotatable bonds is 1. The molecule has 12 heavy (non-hydrogen) atoms. The van der Waals surface area contributed by atoms with Crippen LogP contribution in [-0.4, -0.2) is 42.8 Å². The highest BCUT2D eigenvalue weighted by Gasteiger charge is 2.33. The molecule has 2 aliphatic rings. The lowest BCUT2D eigenvalue weighted by Crippen LogP contribution is -2.39. The van der Waals surface area contributed by atoms with Crippen LogP contribution in [0.1, 0.15) is 19.8 Å². The van der Waals surface area contributed by atoms with E-state index in [0.717, 1.165) is 19.6 Å². The molecule has 2 N–H and O–H groups in total. The molecule has 2 aliphatic heterocycles. The molecule has 0 spiro atoms. The third-order valence-electron chi connectivity index (χ3n) is 3.06. The number of nitrogens with two attached hydrogens (primary N) is 1. The van der Waals surface area contributed by atoms with Crippen LogP contribution in [0.4, 0.5) is 0 Å². The van der Waals surface area contributed by atoms with E-state index in [2.05, 4.69) is 11.8 Å². The summed E-state index contributed by atoms with van der Waals surface area (Å²) in [7, 11) is 0. The van der Waals surface area contributed by atoms with Gasteiger partial charge in [-0.25, -0.2) is 0 Å². The van der Waals surface area contributed by atoms with E-state index < -0.39 is 0 Å². The molecule has 2 fully saturated rings. The van der Waals surface area contributed by atoms with Gasteiger partial charge in [0.2, 0.25) is 0 Å². The second-order valence-corrected chi connectivity index (χ2v) is 3.98. The van der Waals surface area contributed by atoms with Gasteiger partial charge >= 0.3 is 0 Å². The van der Waals surface area contributed by atoms with Gasteiger partial charge in [0.25, 0.3) is 0 Å². The van der Waals surface area contributed by atoms with Gasteiger partial charge in [-0.1, -0.05) is 0 Å². The summed E-state index contributed by atoms with van der Waals surface area (Å²) in [5.41, 5.74) is 5.86. The Hall–Kier alpha value is -0.120. The van der Waals surface area contributed by atoms with E-state index in [1.807, 2.05) is 0 Å². The average Bonchev–Trinajstić information content (AvgIpc) is 2.58. The van der Waals surface area contributed by atoms with Gasteiger partial charge in [0.15, 0.2) is 0 Å². The first-order chi connectivity index (χ1) is 5.77. The minimum absolute atomic E-state index is 0.401. The molecule has 2 saturated heterocycles. The molecule has 0 saturated carbocycles. The number of nitrogens with zero attached hydrogens (tertiary/aromatic N) is 1. The highest BCUT2D eigenvalue weighted by atomic mass is 16.5. The van der Waals surface area contributed by atoms with Gasteiger partial charge in [-0.3, -0.25) is 4.90 Å². The topological polar surface area (TPSA) is 38.5 Å². The molecule has 0 radical (unpaired) electrons. The number of likely N-dealkylation sites (tertiary alicyclic amines) is 1. The van der Waals surface area contributed by atoms with E-state index in [1.54, 1.807) is 0 Å². The van der Waals surface area contributed by atoms with Gasteiger partial charge in [0.1, 0.15) is 0 Å². The molecule has 2 heterocycles. The van der Waals surface area contributed by atoms with Crippen molar-refractivity contribution in [1.82, 2.24) is 4.90 Å². The number of ether oxygens (including phenoxy) is 1. The summed E-state index contributed by atoms with van der Waals surface area (Å²) < 4.78 is 5.53. The molecular weight excluding hydrogens is 152 g/mol. The molecule has 3 atom stereocenters. The van der Waals surface area contributed by atoms with Gasteiger partial charge in [-0.15, -0.1) is 0 Å². The summed E-state index contributed by atoms with van der Waals surface area (Å²) in [6, 6.07) is 1.04. The van der Waals surface area contributed by atoms with Crippen LogP contribution in [0.3, 0.4) is 0 Å². The third kappa shape index (κ3) is 1.49. The Morgan fingerprint density at radius 3 is 2.75 bits per heavy atom. The second-order valence-electron chi connectivity index (χ2n) is 3.98. The largest absolute Gasteiger partial charge is 0.377 e. The molecule has 3 nitrogen and oxygen atoms in total. The van der Waals surface area contributed by atoms with E-state index in [9.17, 15) is 0 Å². The first kappa shape index (κ1) is 8.48. The van der Waals surface area contributed by atoms with Crippen molar-refractivity contribution in [3.05, 3.63) is 0 Å². The maximum Gasteiger partial charge on any atom is 0.0703 e. The SMILES string of the molecule is CC1OCCC1N1CC[C@H](N)C1. The third-order valence-corrected chi connectivity index (χ3v) is 3.06. The molecule has 3 heteroatoms. The zero-order valence-corrected chi connectivity index (χ0v) is 7.70. The lowest BCUT2D eigenvalue weighted by Gasteiger charge is -2.25. The van der Waals surface area contributed by atoms with E-state index in [-0.39, 0.29) is 0 Å². The molecule has 2 unspecified atom stereocenters. The molecule has 2 rings (SSSR count). The average molecular weight is 170 g/mol. The van der Waals surface area contributed by atoms with Gasteiger partial charge < -0.3 is 10.5 Å². The van der Waals surface area contributed by atoms with E-state index in [0.29, 0.717) is 18.2 Å². The van der Waals surface area contributed by atoms with Crippen molar-refractivity contribution in [2.75, 3.05) is 19.7 Å². The fraction of sp³-hybridized carbons (Fsp3) is 1.00. The summed E-state index contributed by atoms with van der Waals surface area (Å²) in [5, 5.41) is 0. The highest BCUT2D eigenvalue weighted by molar-refractivity contribution is 4.88. The van der Waals surface area contributed by atoms with Crippen molar-refractivity contribution >= 4 is 0 Å². The lowest BCUT2D eigenvalue weighted by molar-refractivity contribution is 0.0827. The Morgan fingerprint density at radius 1 is 1.42 bits per heavy atom. The summed E-state index contributed by atoms with van der Waals surface area (Å²) in [4.78, 5) is 2.49. The fourth-order valence-electron chi connectivity index (χ4n) is 2.32. The molecule has 0 amide bonds. The number of hydrogen-bond acceptors (Lipinski definition) is 3. The Balaban J connectivity index is 1.91. The minimum Gasteiger partial charge on any atom is -0.377 e. The Morgan fingerprint density at radius 2 is 2.25 bits per heavy atom. The monoisotopic (exact) mass is 170 g/mol. The molecule has 0 aliphatic carbocycles. The molecule has 70 valence electrons. The van der Waals surface area contributed by atoms with Crippen LogP contribution < -0.4 is 5.73 Å². The van der Waals surface area contributed by atoms with Crippen LogP contribution >= 0.6 is 0 Å². The Kier molecular flexibility index (Phi) is 2.35. The smallest absolute Gasteiger partial charge is 0.0703 e. The van der Waals surface area contributed by atoms with Crippen LogP contribution in [0.5, 0.6) is 0 Å². The van der Waals surface area contributed by atoms with Gasteiger partial charge in [0.05, 0.1) is 6.10 Å². The number of hydrogen-bond donors (Lipinski definition) is 1. The fourth-order valence-corrected chi connectivity index (χ4v) is 2.32. The first-order valence-electron chi connectivity index (χ1n) is 4.88. The summed E-state index contributed by atoms with van der Waals surface area (Å²) in [6.45, 7) is 5.33. The van der Waals surface area contributed by atoms with Crippen LogP contribution in [0.25, 0.3) is 0 Å². The normalized spacial score (nSPS) is 44.0. The van der Waals surface area contributed by atoms with Crippen molar-refractivity contribution in [3.8, 4) is 0 Å². The lowest BCUT2D eigenvalue weighted by atomic mass is 10.1. The van der Waals surface area contributed by atoms with Crippen LogP contribution in [-0.2, 0) is 4.74 Å². The molecular formula is C9H18N2O. The van der Waals surface area contributed by atoms with E-state index in [1.165, 1.54) is 13.0 Å². The molecule has 0 bridgehead atoms. The predicted octanol–water partition coefficient (Wildman–Crippen LogP) is 0.197. The maximum atomic E-state index is 5.86. The quantitative estimate of drug-likeness (QED) is 0.611. The molecule has 0 aromatic rings. The Labute approximate surface area is 73.9 Å². The first-order valence-corrected chi connectivity index (χ1v) is 4.88. The summed E-state index contributed by atoms with van der Waals surface area (Å²) in [6.07, 6.45) is 2.76. The van der Waals surface area contributed by atoms with Crippen LogP contribution in [0, 0.1) is 0 Å². The molecule has 0 aromatic heterocycles.